The van der Waals surface area contributed by atoms with Crippen LogP contribution in [-0.2, 0) is 20.7 Å². The molecule has 0 radical (unpaired) electrons. The summed E-state index contributed by atoms with van der Waals surface area (Å²) >= 11 is 0. The second-order valence-electron chi connectivity index (χ2n) is 6.28. The summed E-state index contributed by atoms with van der Waals surface area (Å²) in [6.07, 6.45) is 5.28. The van der Waals surface area contributed by atoms with E-state index in [1.807, 2.05) is 0 Å². The van der Waals surface area contributed by atoms with Gasteiger partial charge in [-0.1, -0.05) is 12.8 Å². The molecule has 3 rings (SSSR count). The quantitative estimate of drug-likeness (QED) is 0.702. The minimum absolute atomic E-state index is 0.0635. The SMILES string of the molecule is O=C(COC(=O)Cc1coc2cc(O)ccc12)NC(=O)NC1CCCC1. The van der Waals surface area contributed by atoms with Crippen LogP contribution in [0.5, 0.6) is 5.75 Å². The van der Waals surface area contributed by atoms with Crippen molar-refractivity contribution in [2.45, 2.75) is 38.1 Å². The van der Waals surface area contributed by atoms with Gasteiger partial charge in [0.25, 0.3) is 5.91 Å². The summed E-state index contributed by atoms with van der Waals surface area (Å²) in [7, 11) is 0. The summed E-state index contributed by atoms with van der Waals surface area (Å²) < 4.78 is 10.2. The van der Waals surface area contributed by atoms with Gasteiger partial charge in [0.2, 0.25) is 0 Å². The Balaban J connectivity index is 1.44. The topological polar surface area (TPSA) is 118 Å². The Bertz CT molecular complexity index is 822. The summed E-state index contributed by atoms with van der Waals surface area (Å²) in [5.41, 5.74) is 1.04. The summed E-state index contributed by atoms with van der Waals surface area (Å²) in [5, 5.41) is 14.9. The maximum absolute atomic E-state index is 11.9. The number of nitrogens with one attached hydrogen (secondary N) is 2. The molecule has 0 saturated heterocycles. The summed E-state index contributed by atoms with van der Waals surface area (Å²) in [4.78, 5) is 35.3. The molecule has 1 aliphatic carbocycles. The zero-order valence-corrected chi connectivity index (χ0v) is 14.1. The minimum Gasteiger partial charge on any atom is -0.508 e. The Morgan fingerprint density at radius 3 is 2.77 bits per heavy atom. The van der Waals surface area contributed by atoms with Crippen molar-refractivity contribution in [3.8, 4) is 5.75 Å². The molecule has 8 nitrogen and oxygen atoms in total. The number of fused-ring (bicyclic) bond motifs is 1. The van der Waals surface area contributed by atoms with Gasteiger partial charge in [-0.05, 0) is 25.0 Å². The number of phenolic OH excluding ortho intramolecular Hbond substituents is 1. The van der Waals surface area contributed by atoms with Gasteiger partial charge in [0, 0.05) is 23.1 Å². The number of amides is 3. The van der Waals surface area contributed by atoms with Crippen molar-refractivity contribution in [3.63, 3.8) is 0 Å². The Hall–Kier alpha value is -3.03. The number of esters is 1. The summed E-state index contributed by atoms with van der Waals surface area (Å²) in [5.74, 6) is -1.24. The van der Waals surface area contributed by atoms with E-state index in [0.717, 1.165) is 25.7 Å². The van der Waals surface area contributed by atoms with Gasteiger partial charge in [-0.15, -0.1) is 0 Å². The zero-order valence-electron chi connectivity index (χ0n) is 14.1. The molecule has 26 heavy (non-hydrogen) atoms. The van der Waals surface area contributed by atoms with Crippen molar-refractivity contribution in [1.29, 1.82) is 0 Å². The number of hydrogen-bond acceptors (Lipinski definition) is 6. The predicted molar refractivity (Wildman–Crippen MR) is 91.5 cm³/mol. The molecule has 1 aromatic heterocycles. The monoisotopic (exact) mass is 360 g/mol. The predicted octanol–water partition coefficient (Wildman–Crippen LogP) is 1.99. The van der Waals surface area contributed by atoms with Crippen molar-refractivity contribution in [1.82, 2.24) is 10.6 Å². The molecule has 8 heteroatoms. The fourth-order valence-corrected chi connectivity index (χ4v) is 3.02. The number of ether oxygens (including phenoxy) is 1. The van der Waals surface area contributed by atoms with Crippen LogP contribution >= 0.6 is 0 Å². The van der Waals surface area contributed by atoms with Crippen molar-refractivity contribution < 1.29 is 28.6 Å². The maximum atomic E-state index is 11.9. The molecule has 3 N–H and O–H groups in total. The van der Waals surface area contributed by atoms with Crippen LogP contribution in [0.25, 0.3) is 11.0 Å². The van der Waals surface area contributed by atoms with Crippen LogP contribution in [0.3, 0.4) is 0 Å². The number of carbonyl (C=O) groups is 3. The Morgan fingerprint density at radius 1 is 1.23 bits per heavy atom. The number of urea groups is 1. The Labute approximate surface area is 149 Å². The molecule has 1 aromatic carbocycles. The summed E-state index contributed by atoms with van der Waals surface area (Å²) in [6, 6.07) is 4.10. The lowest BCUT2D eigenvalue weighted by atomic mass is 10.1. The van der Waals surface area contributed by atoms with Crippen LogP contribution in [0.2, 0.25) is 0 Å². The lowest BCUT2D eigenvalue weighted by Crippen LogP contribution is -2.45. The Kier molecular flexibility index (Phi) is 5.40. The van der Waals surface area contributed by atoms with Gasteiger partial charge in [-0.25, -0.2) is 4.79 Å². The number of furan rings is 1. The fraction of sp³-hybridized carbons (Fsp3) is 0.389. The third kappa shape index (κ3) is 4.53. The van der Waals surface area contributed by atoms with Crippen LogP contribution in [0, 0.1) is 0 Å². The highest BCUT2D eigenvalue weighted by Gasteiger charge is 2.19. The first-order chi connectivity index (χ1) is 12.5. The highest BCUT2D eigenvalue weighted by atomic mass is 16.5. The second kappa shape index (κ2) is 7.90. The van der Waals surface area contributed by atoms with E-state index < -0.39 is 24.5 Å². The highest BCUT2D eigenvalue weighted by molar-refractivity contribution is 5.96. The average Bonchev–Trinajstić information content (AvgIpc) is 3.23. The first kappa shape index (κ1) is 17.8. The van der Waals surface area contributed by atoms with E-state index in [-0.39, 0.29) is 18.2 Å². The molecule has 3 amide bonds. The normalized spacial score (nSPS) is 14.3. The molecule has 1 saturated carbocycles. The fourth-order valence-electron chi connectivity index (χ4n) is 3.02. The number of phenols is 1. The lowest BCUT2D eigenvalue weighted by Gasteiger charge is -2.12. The van der Waals surface area contributed by atoms with E-state index in [4.69, 9.17) is 9.15 Å². The number of imide groups is 1. The van der Waals surface area contributed by atoms with E-state index in [0.29, 0.717) is 16.5 Å². The Morgan fingerprint density at radius 2 is 2.00 bits per heavy atom. The highest BCUT2D eigenvalue weighted by Crippen LogP contribution is 2.25. The van der Waals surface area contributed by atoms with Gasteiger partial charge in [-0.2, -0.15) is 0 Å². The van der Waals surface area contributed by atoms with Crippen molar-refractivity contribution in [2.75, 3.05) is 6.61 Å². The van der Waals surface area contributed by atoms with Gasteiger partial charge in [0.05, 0.1) is 12.7 Å². The van der Waals surface area contributed by atoms with Crippen LogP contribution < -0.4 is 10.6 Å². The van der Waals surface area contributed by atoms with Crippen LogP contribution in [-0.4, -0.2) is 35.7 Å². The van der Waals surface area contributed by atoms with Crippen LogP contribution in [0.1, 0.15) is 31.2 Å². The minimum atomic E-state index is -0.684. The van der Waals surface area contributed by atoms with Gasteiger partial charge in [0.1, 0.15) is 11.3 Å². The average molecular weight is 360 g/mol. The molecule has 1 fully saturated rings. The van der Waals surface area contributed by atoms with Crippen LogP contribution in [0.4, 0.5) is 4.79 Å². The van der Waals surface area contributed by atoms with Crippen molar-refractivity contribution >= 4 is 28.9 Å². The molecule has 0 aliphatic heterocycles. The van der Waals surface area contributed by atoms with E-state index in [1.165, 1.54) is 18.4 Å². The van der Waals surface area contributed by atoms with Crippen molar-refractivity contribution in [3.05, 3.63) is 30.0 Å². The molecule has 0 bridgehead atoms. The van der Waals surface area contributed by atoms with Gasteiger partial charge >= 0.3 is 12.0 Å². The molecule has 0 spiro atoms. The molecule has 0 unspecified atom stereocenters. The van der Waals surface area contributed by atoms with E-state index in [1.54, 1.807) is 6.07 Å². The maximum Gasteiger partial charge on any atom is 0.321 e. The second-order valence-corrected chi connectivity index (χ2v) is 6.28. The van der Waals surface area contributed by atoms with Gasteiger partial charge in [0.15, 0.2) is 6.61 Å². The van der Waals surface area contributed by atoms with E-state index in [2.05, 4.69) is 10.6 Å². The van der Waals surface area contributed by atoms with Crippen LogP contribution in [0.15, 0.2) is 28.9 Å². The molecule has 138 valence electrons. The third-order valence-electron chi connectivity index (χ3n) is 4.28. The smallest absolute Gasteiger partial charge is 0.321 e. The first-order valence-electron chi connectivity index (χ1n) is 8.46. The molecule has 1 aliphatic rings. The number of rotatable bonds is 5. The summed E-state index contributed by atoms with van der Waals surface area (Å²) in [6.45, 7) is -0.534. The lowest BCUT2D eigenvalue weighted by molar-refractivity contribution is -0.147. The van der Waals surface area contributed by atoms with Gasteiger partial charge < -0.3 is 19.6 Å². The molecule has 0 atom stereocenters. The number of aromatic hydroxyl groups is 1. The molecule has 2 aromatic rings. The molecule has 1 heterocycles. The van der Waals surface area contributed by atoms with Crippen molar-refractivity contribution in [2.24, 2.45) is 0 Å². The zero-order chi connectivity index (χ0) is 18.5. The number of carbonyl (C=O) groups excluding carboxylic acids is 3. The van der Waals surface area contributed by atoms with Gasteiger partial charge in [-0.3, -0.25) is 14.9 Å². The van der Waals surface area contributed by atoms with E-state index >= 15 is 0 Å². The number of hydrogen-bond donors (Lipinski definition) is 3. The first-order valence-corrected chi connectivity index (χ1v) is 8.46. The number of benzene rings is 1. The largest absolute Gasteiger partial charge is 0.508 e. The third-order valence-corrected chi connectivity index (χ3v) is 4.28. The molecular weight excluding hydrogens is 340 g/mol. The molecular formula is C18H20N2O6. The standard InChI is InChI=1S/C18H20N2O6/c21-13-5-6-14-11(9-25-15(14)8-13)7-17(23)26-10-16(22)20-18(24)19-12-3-1-2-4-12/h5-6,8-9,12,21H,1-4,7,10H2,(H2,19,20,22,24). The van der Waals surface area contributed by atoms with E-state index in [9.17, 15) is 19.5 Å².